The van der Waals surface area contributed by atoms with Crippen LogP contribution in [0.25, 0.3) is 6.08 Å². The van der Waals surface area contributed by atoms with Crippen molar-refractivity contribution in [3.05, 3.63) is 99.5 Å². The number of nitrogens with zero attached hydrogens (tertiary/aromatic N) is 2. The van der Waals surface area contributed by atoms with E-state index in [1.807, 2.05) is 99.6 Å². The number of amides is 2. The molecule has 1 heterocycles. The first kappa shape index (κ1) is 22.0. The van der Waals surface area contributed by atoms with E-state index < -0.39 is 6.04 Å². The van der Waals surface area contributed by atoms with E-state index in [1.165, 1.54) is 0 Å². The van der Waals surface area contributed by atoms with Crippen molar-refractivity contribution in [2.45, 2.75) is 26.8 Å². The van der Waals surface area contributed by atoms with E-state index in [2.05, 4.69) is 15.9 Å². The lowest BCUT2D eigenvalue weighted by Gasteiger charge is -2.41. The van der Waals surface area contributed by atoms with E-state index in [0.29, 0.717) is 5.69 Å². The van der Waals surface area contributed by atoms with E-state index in [9.17, 15) is 9.59 Å². The topological polar surface area (TPSA) is 40.6 Å². The Hall–Kier alpha value is -3.18. The summed E-state index contributed by atoms with van der Waals surface area (Å²) < 4.78 is 0.919. The summed E-state index contributed by atoms with van der Waals surface area (Å²) in [6, 6.07) is 22.5. The molecule has 1 fully saturated rings. The Morgan fingerprint density at radius 1 is 0.938 bits per heavy atom. The van der Waals surface area contributed by atoms with Gasteiger partial charge in [0, 0.05) is 15.8 Å². The fourth-order valence-electron chi connectivity index (χ4n) is 4.11. The predicted molar refractivity (Wildman–Crippen MR) is 134 cm³/mol. The van der Waals surface area contributed by atoms with Crippen molar-refractivity contribution < 1.29 is 9.59 Å². The summed E-state index contributed by atoms with van der Waals surface area (Å²) in [5, 5.41) is 0. The number of benzene rings is 3. The summed E-state index contributed by atoms with van der Waals surface area (Å²) in [7, 11) is 0. The molecular weight excluding hydrogens is 464 g/mol. The van der Waals surface area contributed by atoms with Crippen LogP contribution in [0.5, 0.6) is 0 Å². The molecule has 1 saturated heterocycles. The van der Waals surface area contributed by atoms with Crippen LogP contribution in [-0.2, 0) is 9.59 Å². The largest absolute Gasteiger partial charge is 0.301 e. The Bertz CT molecular complexity index is 1190. The van der Waals surface area contributed by atoms with Crippen molar-refractivity contribution >= 4 is 45.2 Å². The summed E-state index contributed by atoms with van der Waals surface area (Å²) >= 11 is 3.45. The molecule has 1 atom stereocenters. The maximum Gasteiger partial charge on any atom is 0.254 e. The van der Waals surface area contributed by atoms with Gasteiger partial charge in [-0.15, -0.1) is 0 Å². The lowest BCUT2D eigenvalue weighted by molar-refractivity contribution is -0.127. The van der Waals surface area contributed by atoms with Gasteiger partial charge >= 0.3 is 0 Å². The zero-order valence-corrected chi connectivity index (χ0v) is 20.0. The number of carbonyl (C=O) groups excluding carboxylic acids is 2. The van der Waals surface area contributed by atoms with Crippen LogP contribution in [0.3, 0.4) is 0 Å². The second kappa shape index (κ2) is 9.13. The van der Waals surface area contributed by atoms with Gasteiger partial charge in [0.15, 0.2) is 0 Å². The lowest BCUT2D eigenvalue weighted by Crippen LogP contribution is -2.61. The molecule has 0 bridgehead atoms. The van der Waals surface area contributed by atoms with Crippen LogP contribution in [-0.4, -0.2) is 24.4 Å². The highest BCUT2D eigenvalue weighted by atomic mass is 79.9. The molecule has 4 rings (SSSR count). The molecule has 162 valence electrons. The third-order valence-electron chi connectivity index (χ3n) is 5.92. The highest BCUT2D eigenvalue weighted by Crippen LogP contribution is 2.32. The molecule has 3 aromatic rings. The number of rotatable bonds is 4. The van der Waals surface area contributed by atoms with Crippen LogP contribution in [0.4, 0.5) is 11.4 Å². The first-order valence-electron chi connectivity index (χ1n) is 10.6. The predicted octanol–water partition coefficient (Wildman–Crippen LogP) is 5.92. The van der Waals surface area contributed by atoms with E-state index in [0.717, 1.165) is 32.4 Å². The van der Waals surface area contributed by atoms with Gasteiger partial charge in [-0.05, 0) is 73.4 Å². The zero-order chi connectivity index (χ0) is 22.8. The minimum absolute atomic E-state index is 0.00824. The molecule has 32 heavy (non-hydrogen) atoms. The molecule has 1 aliphatic rings. The Balaban J connectivity index is 1.82. The fourth-order valence-corrected chi connectivity index (χ4v) is 4.37. The molecule has 0 aromatic heterocycles. The van der Waals surface area contributed by atoms with Crippen LogP contribution in [0.1, 0.15) is 23.6 Å². The molecule has 2 amide bonds. The Morgan fingerprint density at radius 2 is 1.62 bits per heavy atom. The molecule has 3 aromatic carbocycles. The van der Waals surface area contributed by atoms with E-state index in [-0.39, 0.29) is 18.4 Å². The van der Waals surface area contributed by atoms with Crippen LogP contribution < -0.4 is 9.80 Å². The second-order valence-corrected chi connectivity index (χ2v) is 9.00. The molecule has 1 aliphatic heterocycles. The number of piperazine rings is 1. The molecule has 0 spiro atoms. The fraction of sp³-hybridized carbons (Fsp3) is 0.185. The number of halogens is 1. The van der Waals surface area contributed by atoms with E-state index >= 15 is 0 Å². The highest BCUT2D eigenvalue weighted by Gasteiger charge is 2.42. The summed E-state index contributed by atoms with van der Waals surface area (Å²) in [6.07, 6.45) is 1.98. The molecule has 0 unspecified atom stereocenters. The maximum absolute atomic E-state index is 13.9. The van der Waals surface area contributed by atoms with Crippen molar-refractivity contribution in [1.82, 2.24) is 0 Å². The van der Waals surface area contributed by atoms with Crippen LogP contribution in [0.2, 0.25) is 0 Å². The highest BCUT2D eigenvalue weighted by molar-refractivity contribution is 9.10. The molecule has 0 radical (unpaired) electrons. The van der Waals surface area contributed by atoms with Crippen molar-refractivity contribution in [3.8, 4) is 0 Å². The maximum atomic E-state index is 13.9. The minimum Gasteiger partial charge on any atom is -0.301 e. The van der Waals surface area contributed by atoms with Crippen LogP contribution >= 0.6 is 15.9 Å². The summed E-state index contributed by atoms with van der Waals surface area (Å²) in [6.45, 7) is 5.93. The molecule has 5 heteroatoms. The van der Waals surface area contributed by atoms with Gasteiger partial charge < -0.3 is 4.90 Å². The van der Waals surface area contributed by atoms with Gasteiger partial charge in [0.05, 0.1) is 0 Å². The molecule has 0 aliphatic carbocycles. The third-order valence-corrected chi connectivity index (χ3v) is 6.45. The molecular formula is C27H25BrN2O2. The van der Waals surface area contributed by atoms with Gasteiger partial charge in [-0.2, -0.15) is 0 Å². The first-order valence-corrected chi connectivity index (χ1v) is 11.3. The van der Waals surface area contributed by atoms with Gasteiger partial charge in [0.25, 0.3) is 5.91 Å². The summed E-state index contributed by atoms with van der Waals surface area (Å²) in [5.41, 5.74) is 5.40. The molecule has 0 N–H and O–H groups in total. The average molecular weight is 489 g/mol. The average Bonchev–Trinajstić information content (AvgIpc) is 2.78. The van der Waals surface area contributed by atoms with Crippen molar-refractivity contribution in [2.75, 3.05) is 16.3 Å². The minimum atomic E-state index is -0.724. The lowest BCUT2D eigenvalue weighted by atomic mass is 9.97. The number of aryl methyl sites for hydroxylation is 1. The van der Waals surface area contributed by atoms with Gasteiger partial charge in [-0.25, -0.2) is 0 Å². The number of anilines is 2. The quantitative estimate of drug-likeness (QED) is 0.457. The molecule has 0 saturated carbocycles. The van der Waals surface area contributed by atoms with Crippen molar-refractivity contribution in [2.24, 2.45) is 0 Å². The number of hydrogen-bond acceptors (Lipinski definition) is 2. The van der Waals surface area contributed by atoms with E-state index in [1.54, 1.807) is 9.80 Å². The third kappa shape index (κ3) is 4.26. The zero-order valence-electron chi connectivity index (χ0n) is 18.4. The van der Waals surface area contributed by atoms with Crippen molar-refractivity contribution in [1.29, 1.82) is 0 Å². The number of hydrogen-bond donors (Lipinski definition) is 0. The van der Waals surface area contributed by atoms with E-state index in [4.69, 9.17) is 0 Å². The Labute approximate surface area is 197 Å². The van der Waals surface area contributed by atoms with Gasteiger partial charge in [-0.3, -0.25) is 14.5 Å². The number of carbonyl (C=O) groups is 2. The Morgan fingerprint density at radius 3 is 2.31 bits per heavy atom. The van der Waals surface area contributed by atoms with Gasteiger partial charge in [0.1, 0.15) is 12.6 Å². The van der Waals surface area contributed by atoms with Gasteiger partial charge in [0.2, 0.25) is 5.91 Å². The molecule has 4 nitrogen and oxygen atoms in total. The second-order valence-electron chi connectivity index (χ2n) is 8.09. The standard InChI is InChI=1S/C27H25BrN2O2/c1-18-8-7-11-24(20(18)3)29-17-25(31)30(23-14-12-22(28)13-15-23)26(27(29)32)19(2)16-21-9-5-4-6-10-21/h4-16,26H,17H2,1-3H3/b19-16-/t26-/m0/s1. The summed E-state index contributed by atoms with van der Waals surface area (Å²) in [5.74, 6) is -0.218. The Kier molecular flexibility index (Phi) is 6.28. The van der Waals surface area contributed by atoms with Crippen LogP contribution in [0, 0.1) is 13.8 Å². The SMILES string of the molecule is C/C(=C/c1ccccc1)[C@H]1C(=O)N(c2cccc(C)c2C)CC(=O)N1c1ccc(Br)cc1. The summed E-state index contributed by atoms with van der Waals surface area (Å²) in [4.78, 5) is 30.6. The van der Waals surface area contributed by atoms with Crippen molar-refractivity contribution in [3.63, 3.8) is 0 Å². The normalized spacial score (nSPS) is 17.1. The smallest absolute Gasteiger partial charge is 0.254 e. The van der Waals surface area contributed by atoms with Crippen LogP contribution in [0.15, 0.2) is 82.8 Å². The van der Waals surface area contributed by atoms with Gasteiger partial charge in [-0.1, -0.05) is 64.5 Å². The first-order chi connectivity index (χ1) is 15.4. The monoisotopic (exact) mass is 488 g/mol.